The first-order valence-electron chi connectivity index (χ1n) is 6.96. The molecule has 0 aliphatic heterocycles. The largest absolute Gasteiger partial charge is 0.310 e. The first-order valence-corrected chi connectivity index (χ1v) is 7.78. The smallest absolute Gasteiger partial charge is 0.0599 e. The summed E-state index contributed by atoms with van der Waals surface area (Å²) < 4.78 is 1.36. The van der Waals surface area contributed by atoms with E-state index in [1.165, 1.54) is 20.5 Å². The quantitative estimate of drug-likeness (QED) is 0.818. The molecule has 1 aromatic carbocycles. The second-order valence-electron chi connectivity index (χ2n) is 5.41. The Morgan fingerprint density at radius 2 is 2.10 bits per heavy atom. The lowest BCUT2D eigenvalue weighted by Crippen LogP contribution is -2.23. The van der Waals surface area contributed by atoms with Gasteiger partial charge in [-0.2, -0.15) is 0 Å². The molecule has 0 radical (unpaired) electrons. The van der Waals surface area contributed by atoms with Crippen molar-refractivity contribution in [2.45, 2.75) is 33.0 Å². The lowest BCUT2D eigenvalue weighted by atomic mass is 10.1. The third-order valence-corrected chi connectivity index (χ3v) is 4.46. The highest BCUT2D eigenvalue weighted by Gasteiger charge is 2.13. The fraction of sp³-hybridized carbons (Fsp3) is 0.412. The molecule has 0 atom stereocenters. The van der Waals surface area contributed by atoms with Crippen LogP contribution in [0.2, 0.25) is 0 Å². The van der Waals surface area contributed by atoms with Crippen LogP contribution in [0.5, 0.6) is 0 Å². The third-order valence-electron chi connectivity index (χ3n) is 3.24. The molecule has 0 unspecified atom stereocenters. The third kappa shape index (κ3) is 3.61. The van der Waals surface area contributed by atoms with Gasteiger partial charge in [-0.05, 0) is 24.1 Å². The molecule has 0 saturated carbocycles. The van der Waals surface area contributed by atoms with Crippen molar-refractivity contribution in [1.82, 2.24) is 10.2 Å². The molecular weight excluding hydrogens is 264 g/mol. The summed E-state index contributed by atoms with van der Waals surface area (Å²) in [4.78, 5) is 3.61. The van der Waals surface area contributed by atoms with Crippen LogP contribution in [-0.2, 0) is 13.1 Å². The second-order valence-corrected chi connectivity index (χ2v) is 6.55. The summed E-state index contributed by atoms with van der Waals surface area (Å²) in [6.45, 7) is 6.87. The van der Waals surface area contributed by atoms with Gasteiger partial charge in [0.2, 0.25) is 0 Å². The fourth-order valence-corrected chi connectivity index (χ4v) is 3.41. The molecule has 0 aliphatic rings. The van der Waals surface area contributed by atoms with Gasteiger partial charge in [0.1, 0.15) is 0 Å². The molecule has 2 aromatic rings. The van der Waals surface area contributed by atoms with E-state index in [2.05, 4.69) is 61.3 Å². The number of nitrogens with zero attached hydrogens (tertiary/aromatic N) is 1. The summed E-state index contributed by atoms with van der Waals surface area (Å²) in [5, 5.41) is 4.88. The molecule has 106 valence electrons. The number of rotatable bonds is 6. The lowest BCUT2D eigenvalue weighted by Gasteiger charge is -2.15. The number of fused-ring (bicyclic) bond motifs is 1. The molecule has 0 amide bonds. The highest BCUT2D eigenvalue weighted by atomic mass is 32.1. The zero-order valence-electron chi connectivity index (χ0n) is 12.4. The van der Waals surface area contributed by atoms with E-state index in [-0.39, 0.29) is 0 Å². The van der Waals surface area contributed by atoms with Crippen molar-refractivity contribution in [2.75, 3.05) is 13.6 Å². The summed E-state index contributed by atoms with van der Waals surface area (Å²) in [6, 6.07) is 9.12. The summed E-state index contributed by atoms with van der Waals surface area (Å²) in [5.41, 5.74) is 1.41. The Morgan fingerprint density at radius 1 is 1.35 bits per heavy atom. The number of terminal acetylenes is 1. The highest BCUT2D eigenvalue weighted by Crippen LogP contribution is 2.32. The predicted octanol–water partition coefficient (Wildman–Crippen LogP) is 3.46. The van der Waals surface area contributed by atoms with Gasteiger partial charge in [-0.15, -0.1) is 17.8 Å². The van der Waals surface area contributed by atoms with Crippen LogP contribution in [0.25, 0.3) is 10.1 Å². The van der Waals surface area contributed by atoms with E-state index in [0.717, 1.165) is 13.1 Å². The van der Waals surface area contributed by atoms with Gasteiger partial charge >= 0.3 is 0 Å². The Hall–Kier alpha value is -1.34. The molecule has 20 heavy (non-hydrogen) atoms. The summed E-state index contributed by atoms with van der Waals surface area (Å²) in [5.74, 6) is 2.71. The molecular formula is C17H22N2S. The molecule has 1 heterocycles. The van der Waals surface area contributed by atoms with Crippen molar-refractivity contribution >= 4 is 21.4 Å². The molecule has 0 bridgehead atoms. The Morgan fingerprint density at radius 3 is 2.80 bits per heavy atom. The molecule has 1 N–H and O–H groups in total. The monoisotopic (exact) mass is 286 g/mol. The molecule has 2 nitrogen and oxygen atoms in total. The van der Waals surface area contributed by atoms with E-state index in [4.69, 9.17) is 6.42 Å². The van der Waals surface area contributed by atoms with Gasteiger partial charge in [0.05, 0.1) is 6.54 Å². The van der Waals surface area contributed by atoms with Crippen LogP contribution in [0.15, 0.2) is 24.3 Å². The minimum atomic E-state index is 0.497. The van der Waals surface area contributed by atoms with Gasteiger partial charge in [0.15, 0.2) is 0 Å². The zero-order chi connectivity index (χ0) is 14.5. The van der Waals surface area contributed by atoms with Gasteiger partial charge in [-0.3, -0.25) is 4.90 Å². The van der Waals surface area contributed by atoms with Gasteiger partial charge < -0.3 is 5.32 Å². The number of nitrogens with one attached hydrogen (secondary N) is 1. The van der Waals surface area contributed by atoms with Crippen LogP contribution in [-0.4, -0.2) is 24.5 Å². The zero-order valence-corrected chi connectivity index (χ0v) is 13.3. The van der Waals surface area contributed by atoms with Crippen LogP contribution in [0.1, 0.15) is 24.3 Å². The molecule has 2 rings (SSSR count). The Balaban J connectivity index is 2.32. The van der Waals surface area contributed by atoms with Crippen LogP contribution < -0.4 is 5.32 Å². The number of thiophene rings is 1. The molecule has 0 saturated heterocycles. The number of hydrogen-bond acceptors (Lipinski definition) is 3. The second kappa shape index (κ2) is 6.90. The molecule has 0 aliphatic carbocycles. The van der Waals surface area contributed by atoms with Crippen molar-refractivity contribution in [3.63, 3.8) is 0 Å². The fourth-order valence-electron chi connectivity index (χ4n) is 2.24. The average Bonchev–Trinajstić information content (AvgIpc) is 2.75. The van der Waals surface area contributed by atoms with Gasteiger partial charge in [-0.25, -0.2) is 0 Å². The Kier molecular flexibility index (Phi) is 5.19. The van der Waals surface area contributed by atoms with E-state index in [1.807, 2.05) is 11.3 Å². The Labute approximate surface area is 125 Å². The van der Waals surface area contributed by atoms with Crippen LogP contribution in [0, 0.1) is 12.3 Å². The topological polar surface area (TPSA) is 15.3 Å². The van der Waals surface area contributed by atoms with Gasteiger partial charge in [-0.1, -0.05) is 38.0 Å². The number of benzene rings is 1. The maximum absolute atomic E-state index is 5.41. The average molecular weight is 286 g/mol. The summed E-state index contributed by atoms with van der Waals surface area (Å²) in [7, 11) is 2.08. The van der Waals surface area contributed by atoms with E-state index in [9.17, 15) is 0 Å². The Bertz CT molecular complexity index is 607. The van der Waals surface area contributed by atoms with E-state index in [0.29, 0.717) is 12.6 Å². The first-order chi connectivity index (χ1) is 9.61. The minimum absolute atomic E-state index is 0.497. The van der Waals surface area contributed by atoms with Crippen molar-refractivity contribution in [2.24, 2.45) is 0 Å². The van der Waals surface area contributed by atoms with Crippen molar-refractivity contribution in [1.29, 1.82) is 0 Å². The van der Waals surface area contributed by atoms with E-state index >= 15 is 0 Å². The molecule has 3 heteroatoms. The van der Waals surface area contributed by atoms with E-state index < -0.39 is 0 Å². The van der Waals surface area contributed by atoms with Crippen molar-refractivity contribution in [3.05, 3.63) is 34.7 Å². The summed E-state index contributed by atoms with van der Waals surface area (Å²) in [6.07, 6.45) is 5.41. The van der Waals surface area contributed by atoms with Crippen LogP contribution in [0.4, 0.5) is 0 Å². The SMILES string of the molecule is C#CCN(C)Cc1c(CNC(C)C)sc2ccccc12. The first kappa shape index (κ1) is 15.1. The van der Waals surface area contributed by atoms with Gasteiger partial charge in [0.25, 0.3) is 0 Å². The van der Waals surface area contributed by atoms with Crippen LogP contribution >= 0.6 is 11.3 Å². The van der Waals surface area contributed by atoms with Crippen molar-refractivity contribution in [3.8, 4) is 12.3 Å². The normalized spacial score (nSPS) is 11.4. The molecule has 0 fully saturated rings. The van der Waals surface area contributed by atoms with Gasteiger partial charge in [0, 0.05) is 28.7 Å². The lowest BCUT2D eigenvalue weighted by molar-refractivity contribution is 0.369. The number of hydrogen-bond donors (Lipinski definition) is 1. The predicted molar refractivity (Wildman–Crippen MR) is 89.0 cm³/mol. The summed E-state index contributed by atoms with van der Waals surface area (Å²) >= 11 is 1.89. The maximum atomic E-state index is 5.41. The maximum Gasteiger partial charge on any atom is 0.0599 e. The van der Waals surface area contributed by atoms with Crippen LogP contribution in [0.3, 0.4) is 0 Å². The molecule has 1 aromatic heterocycles. The highest BCUT2D eigenvalue weighted by molar-refractivity contribution is 7.19. The standard InChI is InChI=1S/C17H22N2S/c1-5-10-19(4)12-15-14-8-6-7-9-16(14)20-17(15)11-18-13(2)3/h1,6-9,13,18H,10-12H2,2-4H3. The van der Waals surface area contributed by atoms with E-state index in [1.54, 1.807) is 0 Å². The molecule has 0 spiro atoms. The minimum Gasteiger partial charge on any atom is -0.310 e. The van der Waals surface area contributed by atoms with Crippen molar-refractivity contribution < 1.29 is 0 Å².